The molecule has 2 fully saturated rings. The molecule has 0 saturated heterocycles. The largest absolute Gasteiger partial charge is 0.256 e. The molecule has 3 heterocycles. The molecular formula is C69H55N3. The number of benzene rings is 7. The van der Waals surface area contributed by atoms with Gasteiger partial charge in [0.05, 0.1) is 17.1 Å². The first kappa shape index (κ1) is 42.8. The van der Waals surface area contributed by atoms with Gasteiger partial charge in [0.2, 0.25) is 0 Å². The maximum atomic E-state index is 4.91. The van der Waals surface area contributed by atoms with Crippen LogP contribution in [0.3, 0.4) is 0 Å². The van der Waals surface area contributed by atoms with Gasteiger partial charge in [0.25, 0.3) is 0 Å². The van der Waals surface area contributed by atoms with Gasteiger partial charge in [0.15, 0.2) is 0 Å². The van der Waals surface area contributed by atoms with Gasteiger partial charge < -0.3 is 0 Å². The van der Waals surface area contributed by atoms with Crippen molar-refractivity contribution in [3.8, 4) is 78.3 Å². The van der Waals surface area contributed by atoms with Gasteiger partial charge in [-0.3, -0.25) is 15.0 Å². The molecule has 0 N–H and O–H groups in total. The first-order chi connectivity index (χ1) is 35.6. The predicted molar refractivity (Wildman–Crippen MR) is 295 cm³/mol. The fourth-order valence-corrected chi connectivity index (χ4v) is 12.7. The highest BCUT2D eigenvalue weighted by molar-refractivity contribution is 5.85. The van der Waals surface area contributed by atoms with E-state index in [0.29, 0.717) is 23.7 Å². The zero-order chi connectivity index (χ0) is 47.5. The summed E-state index contributed by atoms with van der Waals surface area (Å²) in [5.41, 5.74) is 28.5. The molecule has 346 valence electrons. The first-order valence-electron chi connectivity index (χ1n) is 26.2. The topological polar surface area (TPSA) is 38.7 Å². The quantitative estimate of drug-likeness (QED) is 0.130. The van der Waals surface area contributed by atoms with Gasteiger partial charge in [-0.2, -0.15) is 0 Å². The molecule has 2 saturated carbocycles. The van der Waals surface area contributed by atoms with Crippen LogP contribution in [-0.4, -0.2) is 15.0 Å². The van der Waals surface area contributed by atoms with E-state index in [4.69, 9.17) is 15.0 Å². The molecule has 0 atom stereocenters. The van der Waals surface area contributed by atoms with Crippen LogP contribution < -0.4 is 0 Å². The third-order valence-electron chi connectivity index (χ3n) is 16.7. The molecule has 10 aromatic rings. The average molecular weight is 926 g/mol. The van der Waals surface area contributed by atoms with Gasteiger partial charge in [0, 0.05) is 35.3 Å². The summed E-state index contributed by atoms with van der Waals surface area (Å²) in [7, 11) is 0. The zero-order valence-electron chi connectivity index (χ0n) is 40.5. The minimum absolute atomic E-state index is 0.634. The molecule has 0 unspecified atom stereocenters. The number of nitrogens with zero attached hydrogens (tertiary/aromatic N) is 3. The van der Waals surface area contributed by atoms with E-state index in [9.17, 15) is 0 Å². The van der Waals surface area contributed by atoms with Crippen molar-refractivity contribution in [3.05, 3.63) is 257 Å². The number of aryl methyl sites for hydroxylation is 4. The predicted octanol–water partition coefficient (Wildman–Crippen LogP) is 17.1. The van der Waals surface area contributed by atoms with E-state index >= 15 is 0 Å². The summed E-state index contributed by atoms with van der Waals surface area (Å²) in [6.45, 7) is 0. The molecule has 0 spiro atoms. The van der Waals surface area contributed by atoms with Crippen LogP contribution in [0.4, 0.5) is 0 Å². The molecule has 7 aromatic carbocycles. The number of hydrogen-bond acceptors (Lipinski definition) is 3. The van der Waals surface area contributed by atoms with Gasteiger partial charge in [-0.25, -0.2) is 0 Å². The van der Waals surface area contributed by atoms with Crippen molar-refractivity contribution in [1.82, 2.24) is 15.0 Å². The van der Waals surface area contributed by atoms with Crippen LogP contribution >= 0.6 is 0 Å². The van der Waals surface area contributed by atoms with Gasteiger partial charge in [-0.15, -0.1) is 0 Å². The summed E-state index contributed by atoms with van der Waals surface area (Å²) < 4.78 is 0. The Labute approximate surface area is 423 Å². The van der Waals surface area contributed by atoms with E-state index in [1.165, 1.54) is 132 Å². The molecule has 16 rings (SSSR count). The number of rotatable bonds is 11. The van der Waals surface area contributed by atoms with E-state index in [1.807, 2.05) is 18.6 Å². The smallest absolute Gasteiger partial charge is 0.0739 e. The summed E-state index contributed by atoms with van der Waals surface area (Å²) in [4.78, 5) is 14.7. The van der Waals surface area contributed by atoms with Crippen LogP contribution in [0.15, 0.2) is 213 Å². The highest BCUT2D eigenvalue weighted by Crippen LogP contribution is 2.56. The van der Waals surface area contributed by atoms with Crippen LogP contribution in [-0.2, 0) is 25.7 Å². The minimum atomic E-state index is 0.634. The average Bonchev–Trinajstić information content (AvgIpc) is 3.78. The van der Waals surface area contributed by atoms with Crippen molar-refractivity contribution in [3.63, 3.8) is 0 Å². The minimum Gasteiger partial charge on any atom is -0.256 e. The van der Waals surface area contributed by atoms with Crippen molar-refractivity contribution in [2.45, 2.75) is 75.0 Å². The lowest BCUT2D eigenvalue weighted by Gasteiger charge is -2.34. The van der Waals surface area contributed by atoms with Gasteiger partial charge in [0.1, 0.15) is 0 Å². The van der Waals surface area contributed by atoms with E-state index in [2.05, 4.69) is 194 Å². The molecule has 6 aliphatic carbocycles. The Kier molecular flexibility index (Phi) is 10.7. The van der Waals surface area contributed by atoms with Gasteiger partial charge >= 0.3 is 0 Å². The highest BCUT2D eigenvalue weighted by Gasteiger charge is 2.39. The van der Waals surface area contributed by atoms with Crippen LogP contribution in [0, 0.1) is 0 Å². The maximum Gasteiger partial charge on any atom is 0.0739 e. The van der Waals surface area contributed by atoms with Gasteiger partial charge in [-0.1, -0.05) is 170 Å². The Balaban J connectivity index is 0.763. The molecule has 72 heavy (non-hydrogen) atoms. The van der Waals surface area contributed by atoms with Crippen LogP contribution in [0.5, 0.6) is 0 Å². The SMILES string of the molecule is c1ccc(-c2ccc(-c3ccnc(-c4ccc(-c5ccccc5-c5cc(CCc6ccc7c(c6)C6CC(C6)c6cccnc6-7)cc(CCc6ccc7c(c6)C6CC(C6)c6cccnc6-7)c5)cc4)c3)cc2)cc1. The van der Waals surface area contributed by atoms with Crippen molar-refractivity contribution in [2.24, 2.45) is 0 Å². The Hall–Kier alpha value is -8.01. The summed E-state index contributed by atoms with van der Waals surface area (Å²) in [5, 5.41) is 0. The maximum absolute atomic E-state index is 4.91. The second-order valence-electron chi connectivity index (χ2n) is 21.0. The molecule has 6 aliphatic rings. The summed E-state index contributed by atoms with van der Waals surface area (Å²) >= 11 is 0. The van der Waals surface area contributed by atoms with E-state index < -0.39 is 0 Å². The molecule has 3 aromatic heterocycles. The Morgan fingerprint density at radius 2 is 0.750 bits per heavy atom. The monoisotopic (exact) mass is 925 g/mol. The second kappa shape index (κ2) is 18.0. The van der Waals surface area contributed by atoms with Gasteiger partial charge in [-0.05, 0) is 188 Å². The van der Waals surface area contributed by atoms with Crippen molar-refractivity contribution < 1.29 is 0 Å². The third-order valence-corrected chi connectivity index (χ3v) is 16.7. The Morgan fingerprint density at radius 3 is 1.33 bits per heavy atom. The van der Waals surface area contributed by atoms with Crippen LogP contribution in [0.25, 0.3) is 78.3 Å². The Bertz CT molecular complexity index is 3520. The standard InChI is InChI=1S/C69H55N3/c1-2-8-48(9-3-1)49-20-22-50(23-21-49)53-30-33-70-67(43-53)52-26-24-51(25-27-52)59-10-4-5-11-60(59)54-35-46(16-14-44-18-28-63-65(37-44)57-39-55(40-57)61-12-6-31-71-68(61)63)34-47(36-54)17-15-45-19-29-64-66(38-45)58-41-56(42-58)62-13-7-32-72-69(62)64/h1-13,18-38,43,55-58H,14-17,39-42H2. The first-order valence-corrected chi connectivity index (χ1v) is 26.2. The fourth-order valence-electron chi connectivity index (χ4n) is 12.7. The second-order valence-corrected chi connectivity index (χ2v) is 21.0. The zero-order valence-corrected chi connectivity index (χ0v) is 40.5. The number of aromatic nitrogens is 3. The van der Waals surface area contributed by atoms with E-state index in [0.717, 1.165) is 42.5 Å². The molecule has 3 heteroatoms. The summed E-state index contributed by atoms with van der Waals surface area (Å²) in [6.07, 6.45) is 14.8. The number of hydrogen-bond donors (Lipinski definition) is 0. The molecule has 0 amide bonds. The molecule has 3 nitrogen and oxygen atoms in total. The molecule has 0 aliphatic heterocycles. The molecule has 0 radical (unpaired) electrons. The van der Waals surface area contributed by atoms with Crippen molar-refractivity contribution >= 4 is 0 Å². The van der Waals surface area contributed by atoms with E-state index in [-0.39, 0.29) is 0 Å². The number of pyridine rings is 3. The lowest BCUT2D eigenvalue weighted by atomic mass is 9.70. The summed E-state index contributed by atoms with van der Waals surface area (Å²) in [5.74, 6) is 2.56. The van der Waals surface area contributed by atoms with Crippen molar-refractivity contribution in [2.75, 3.05) is 0 Å². The lowest BCUT2D eigenvalue weighted by molar-refractivity contribution is 0.357. The third kappa shape index (κ3) is 7.89. The van der Waals surface area contributed by atoms with E-state index in [1.54, 1.807) is 0 Å². The van der Waals surface area contributed by atoms with Crippen LogP contribution in [0.1, 0.15) is 93.9 Å². The highest BCUT2D eigenvalue weighted by atomic mass is 14.7. The van der Waals surface area contributed by atoms with Crippen molar-refractivity contribution in [1.29, 1.82) is 0 Å². The fraction of sp³-hybridized carbons (Fsp3) is 0.174. The summed E-state index contributed by atoms with van der Waals surface area (Å²) in [6, 6.07) is 72.5. The normalized spacial score (nSPS) is 17.7. The Morgan fingerprint density at radius 1 is 0.278 bits per heavy atom. The molecule has 4 bridgehead atoms. The lowest BCUT2D eigenvalue weighted by Crippen LogP contribution is -2.18. The molecular weight excluding hydrogens is 871 g/mol. The van der Waals surface area contributed by atoms with Crippen LogP contribution in [0.2, 0.25) is 0 Å².